The summed E-state index contributed by atoms with van der Waals surface area (Å²) in [5.74, 6) is 0.131. The van der Waals surface area contributed by atoms with Gasteiger partial charge in [0.1, 0.15) is 0 Å². The number of aryl methyl sites for hydroxylation is 2. The van der Waals surface area contributed by atoms with Crippen LogP contribution in [-0.2, 0) is 11.3 Å². The highest BCUT2D eigenvalue weighted by Gasteiger charge is 2.16. The minimum absolute atomic E-state index is 0.131. The SMILES string of the molecule is CCN(C)C(=O)C(C)NCc1sc(C)nc1C. The first-order valence-corrected chi connectivity index (χ1v) is 6.68. The maximum atomic E-state index is 11.8. The Hall–Kier alpha value is -0.940. The van der Waals surface area contributed by atoms with Crippen LogP contribution in [-0.4, -0.2) is 35.4 Å². The van der Waals surface area contributed by atoms with Gasteiger partial charge in [-0.25, -0.2) is 4.98 Å². The van der Waals surface area contributed by atoms with E-state index in [1.165, 1.54) is 4.88 Å². The van der Waals surface area contributed by atoms with E-state index in [0.717, 1.165) is 17.2 Å². The van der Waals surface area contributed by atoms with E-state index in [0.29, 0.717) is 6.54 Å². The second-order valence-electron chi connectivity index (χ2n) is 4.20. The first-order valence-electron chi connectivity index (χ1n) is 5.87. The van der Waals surface area contributed by atoms with Crippen LogP contribution in [0.5, 0.6) is 0 Å². The summed E-state index contributed by atoms with van der Waals surface area (Å²) in [6.07, 6.45) is 0. The molecule has 1 heterocycles. The van der Waals surface area contributed by atoms with Crippen molar-refractivity contribution >= 4 is 17.2 Å². The number of thiazole rings is 1. The summed E-state index contributed by atoms with van der Waals surface area (Å²) in [7, 11) is 1.82. The fraction of sp³-hybridized carbons (Fsp3) is 0.667. The van der Waals surface area contributed by atoms with Crippen LogP contribution < -0.4 is 5.32 Å². The van der Waals surface area contributed by atoms with Gasteiger partial charge in [-0.05, 0) is 27.7 Å². The predicted molar refractivity (Wildman–Crippen MR) is 71.2 cm³/mol. The van der Waals surface area contributed by atoms with Gasteiger partial charge in [-0.3, -0.25) is 4.79 Å². The molecule has 0 saturated carbocycles. The van der Waals surface area contributed by atoms with Gasteiger partial charge >= 0.3 is 0 Å². The molecule has 0 spiro atoms. The van der Waals surface area contributed by atoms with Crippen molar-refractivity contribution in [3.63, 3.8) is 0 Å². The van der Waals surface area contributed by atoms with Gasteiger partial charge < -0.3 is 10.2 Å². The molecule has 0 aliphatic carbocycles. The molecular formula is C12H21N3OS. The standard InChI is InChI=1S/C12H21N3OS/c1-6-15(5)12(16)9(3)13-7-11-8(2)14-10(4)17-11/h9,13H,6-7H2,1-5H3. The molecule has 1 aromatic rings. The third-order valence-electron chi connectivity index (χ3n) is 2.79. The Kier molecular flexibility index (Phi) is 5.08. The smallest absolute Gasteiger partial charge is 0.239 e. The van der Waals surface area contributed by atoms with Gasteiger partial charge in [0.25, 0.3) is 0 Å². The lowest BCUT2D eigenvalue weighted by atomic mass is 10.3. The lowest BCUT2D eigenvalue weighted by molar-refractivity contribution is -0.131. The van der Waals surface area contributed by atoms with Crippen LogP contribution in [0.1, 0.15) is 29.4 Å². The molecule has 1 atom stereocenters. The zero-order valence-corrected chi connectivity index (χ0v) is 12.0. The van der Waals surface area contributed by atoms with Crippen molar-refractivity contribution in [3.8, 4) is 0 Å². The molecule has 0 radical (unpaired) electrons. The summed E-state index contributed by atoms with van der Waals surface area (Å²) < 4.78 is 0. The zero-order valence-electron chi connectivity index (χ0n) is 11.2. The summed E-state index contributed by atoms with van der Waals surface area (Å²) in [6, 6.07) is -0.151. The van der Waals surface area contributed by atoms with Crippen molar-refractivity contribution in [2.24, 2.45) is 0 Å². The topological polar surface area (TPSA) is 45.2 Å². The van der Waals surface area contributed by atoms with Crippen LogP contribution in [0.2, 0.25) is 0 Å². The van der Waals surface area contributed by atoms with Crippen molar-refractivity contribution in [1.29, 1.82) is 0 Å². The summed E-state index contributed by atoms with van der Waals surface area (Å²) >= 11 is 1.68. The fourth-order valence-electron chi connectivity index (χ4n) is 1.56. The average Bonchev–Trinajstić information content (AvgIpc) is 2.62. The molecule has 17 heavy (non-hydrogen) atoms. The molecule has 0 aliphatic rings. The normalized spacial score (nSPS) is 12.5. The molecule has 0 aliphatic heterocycles. The van der Waals surface area contributed by atoms with E-state index in [4.69, 9.17) is 0 Å². The molecule has 0 fully saturated rings. The number of amides is 1. The number of carbonyl (C=O) groups is 1. The number of nitrogens with zero attached hydrogens (tertiary/aromatic N) is 2. The van der Waals surface area contributed by atoms with E-state index in [9.17, 15) is 4.79 Å². The first-order chi connectivity index (χ1) is 7.95. The highest BCUT2D eigenvalue weighted by Crippen LogP contribution is 2.16. The van der Waals surface area contributed by atoms with Crippen molar-refractivity contribution < 1.29 is 4.79 Å². The third kappa shape index (κ3) is 3.78. The van der Waals surface area contributed by atoms with Crippen LogP contribution in [0.4, 0.5) is 0 Å². The Bertz CT molecular complexity index is 389. The van der Waals surface area contributed by atoms with E-state index in [2.05, 4.69) is 10.3 Å². The summed E-state index contributed by atoms with van der Waals surface area (Å²) in [4.78, 5) is 19.1. The number of aromatic nitrogens is 1. The van der Waals surface area contributed by atoms with Crippen molar-refractivity contribution in [1.82, 2.24) is 15.2 Å². The molecule has 5 heteroatoms. The molecule has 0 aromatic carbocycles. The highest BCUT2D eigenvalue weighted by molar-refractivity contribution is 7.11. The molecule has 1 rings (SSSR count). The quantitative estimate of drug-likeness (QED) is 0.871. The lowest BCUT2D eigenvalue weighted by Gasteiger charge is -2.20. The first kappa shape index (κ1) is 14.1. The van der Waals surface area contributed by atoms with Gasteiger partial charge in [0.15, 0.2) is 0 Å². The Balaban J connectivity index is 2.51. The van der Waals surface area contributed by atoms with Crippen molar-refractivity contribution in [2.75, 3.05) is 13.6 Å². The van der Waals surface area contributed by atoms with E-state index < -0.39 is 0 Å². The molecule has 96 valence electrons. The monoisotopic (exact) mass is 255 g/mol. The molecule has 0 bridgehead atoms. The van der Waals surface area contributed by atoms with Gasteiger partial charge in [0, 0.05) is 25.0 Å². The fourth-order valence-corrected chi connectivity index (χ4v) is 2.45. The Morgan fingerprint density at radius 3 is 2.65 bits per heavy atom. The molecule has 4 nitrogen and oxygen atoms in total. The molecule has 1 aromatic heterocycles. The van der Waals surface area contributed by atoms with Crippen molar-refractivity contribution in [3.05, 3.63) is 15.6 Å². The minimum Gasteiger partial charge on any atom is -0.345 e. The van der Waals surface area contributed by atoms with Crippen LogP contribution in [0.25, 0.3) is 0 Å². The lowest BCUT2D eigenvalue weighted by Crippen LogP contribution is -2.42. The third-order valence-corrected chi connectivity index (χ3v) is 3.86. The zero-order chi connectivity index (χ0) is 13.0. The summed E-state index contributed by atoms with van der Waals surface area (Å²) in [5.41, 5.74) is 1.06. The predicted octanol–water partition coefficient (Wildman–Crippen LogP) is 1.72. The van der Waals surface area contributed by atoms with Gasteiger partial charge in [-0.1, -0.05) is 0 Å². The van der Waals surface area contributed by atoms with Crippen LogP contribution in [0, 0.1) is 13.8 Å². The van der Waals surface area contributed by atoms with E-state index >= 15 is 0 Å². The molecule has 1 amide bonds. The van der Waals surface area contributed by atoms with Gasteiger partial charge in [-0.2, -0.15) is 0 Å². The molecular weight excluding hydrogens is 234 g/mol. The number of hydrogen-bond donors (Lipinski definition) is 1. The van der Waals surface area contributed by atoms with Crippen molar-refractivity contribution in [2.45, 2.75) is 40.3 Å². The maximum Gasteiger partial charge on any atom is 0.239 e. The second-order valence-corrected chi connectivity index (χ2v) is 5.48. The highest BCUT2D eigenvalue weighted by atomic mass is 32.1. The van der Waals surface area contributed by atoms with Gasteiger partial charge in [0.05, 0.1) is 16.7 Å². The van der Waals surface area contributed by atoms with Gasteiger partial charge in [-0.15, -0.1) is 11.3 Å². The minimum atomic E-state index is -0.151. The second kappa shape index (κ2) is 6.12. The molecule has 1 N–H and O–H groups in total. The van der Waals surface area contributed by atoms with E-state index in [1.54, 1.807) is 16.2 Å². The molecule has 0 saturated heterocycles. The number of hydrogen-bond acceptors (Lipinski definition) is 4. The molecule has 1 unspecified atom stereocenters. The van der Waals surface area contributed by atoms with Gasteiger partial charge in [0.2, 0.25) is 5.91 Å². The Morgan fingerprint density at radius 2 is 2.18 bits per heavy atom. The summed E-state index contributed by atoms with van der Waals surface area (Å²) in [5, 5.41) is 4.32. The van der Waals surface area contributed by atoms with E-state index in [1.807, 2.05) is 34.7 Å². The van der Waals surface area contributed by atoms with Crippen LogP contribution in [0.3, 0.4) is 0 Å². The Morgan fingerprint density at radius 1 is 1.53 bits per heavy atom. The van der Waals surface area contributed by atoms with E-state index in [-0.39, 0.29) is 11.9 Å². The van der Waals surface area contributed by atoms with Crippen LogP contribution in [0.15, 0.2) is 0 Å². The number of carbonyl (C=O) groups excluding carboxylic acids is 1. The number of nitrogens with one attached hydrogen (secondary N) is 1. The van der Waals surface area contributed by atoms with Crippen LogP contribution >= 0.6 is 11.3 Å². The maximum absolute atomic E-state index is 11.8. The average molecular weight is 255 g/mol. The summed E-state index contributed by atoms with van der Waals surface area (Å²) in [6.45, 7) is 9.33. The largest absolute Gasteiger partial charge is 0.345 e. The number of rotatable bonds is 5. The Labute approximate surface area is 107 Å². The number of likely N-dealkylation sites (N-methyl/N-ethyl adjacent to an activating group) is 1.